The molecule has 4 heteroatoms. The van der Waals surface area contributed by atoms with Gasteiger partial charge in [0.05, 0.1) is 5.02 Å². The molecule has 1 aromatic rings. The van der Waals surface area contributed by atoms with E-state index >= 15 is 0 Å². The van der Waals surface area contributed by atoms with Gasteiger partial charge in [-0.3, -0.25) is 0 Å². The number of rotatable bonds is 4. The van der Waals surface area contributed by atoms with Crippen LogP contribution in [-0.2, 0) is 6.54 Å². The third-order valence-corrected chi connectivity index (χ3v) is 4.21. The Bertz CT molecular complexity index is 419. The van der Waals surface area contributed by atoms with E-state index in [1.165, 1.54) is 31.7 Å². The van der Waals surface area contributed by atoms with Crippen LogP contribution in [0, 0.1) is 5.41 Å². The van der Waals surface area contributed by atoms with Gasteiger partial charge in [0.1, 0.15) is 5.69 Å². The molecule has 1 N–H and O–H groups in total. The van der Waals surface area contributed by atoms with Crippen molar-refractivity contribution >= 4 is 17.6 Å². The predicted octanol–water partition coefficient (Wildman–Crippen LogP) is 3.81. The standard InChI is InChI=1S/C13H18ClNO2/c1-2-13(5-3-4-6-13)9-15-8-10(14)7-11(15)12(16)17/h7-8H,2-6,9H2,1H3,(H,16,17). The number of carbonyl (C=O) groups is 1. The summed E-state index contributed by atoms with van der Waals surface area (Å²) in [6.45, 7) is 2.97. The van der Waals surface area contributed by atoms with Crippen molar-refractivity contribution < 1.29 is 9.90 Å². The van der Waals surface area contributed by atoms with E-state index in [1.54, 1.807) is 10.8 Å². The highest BCUT2D eigenvalue weighted by Crippen LogP contribution is 2.42. The van der Waals surface area contributed by atoms with Crippen LogP contribution in [0.4, 0.5) is 0 Å². The minimum Gasteiger partial charge on any atom is -0.477 e. The minimum absolute atomic E-state index is 0.270. The van der Waals surface area contributed by atoms with Crippen LogP contribution in [-0.4, -0.2) is 15.6 Å². The summed E-state index contributed by atoms with van der Waals surface area (Å²) < 4.78 is 1.81. The van der Waals surface area contributed by atoms with Gasteiger partial charge in [0.2, 0.25) is 0 Å². The van der Waals surface area contributed by atoms with Gasteiger partial charge in [-0.25, -0.2) is 4.79 Å². The Morgan fingerprint density at radius 3 is 2.71 bits per heavy atom. The molecule has 1 aliphatic rings. The number of carboxylic acids is 1. The highest BCUT2D eigenvalue weighted by atomic mass is 35.5. The van der Waals surface area contributed by atoms with E-state index in [1.807, 2.05) is 0 Å². The topological polar surface area (TPSA) is 42.2 Å². The molecule has 17 heavy (non-hydrogen) atoms. The third-order valence-electron chi connectivity index (χ3n) is 4.00. The quantitative estimate of drug-likeness (QED) is 0.889. The van der Waals surface area contributed by atoms with E-state index in [4.69, 9.17) is 16.7 Å². The van der Waals surface area contributed by atoms with Crippen LogP contribution in [0.3, 0.4) is 0 Å². The van der Waals surface area contributed by atoms with Gasteiger partial charge in [0.25, 0.3) is 0 Å². The summed E-state index contributed by atoms with van der Waals surface area (Å²) in [6, 6.07) is 1.53. The van der Waals surface area contributed by atoms with Gasteiger partial charge >= 0.3 is 5.97 Å². The van der Waals surface area contributed by atoms with E-state index in [0.29, 0.717) is 10.7 Å². The zero-order valence-corrected chi connectivity index (χ0v) is 10.8. The summed E-state index contributed by atoms with van der Waals surface area (Å²) in [7, 11) is 0. The van der Waals surface area contributed by atoms with Gasteiger partial charge < -0.3 is 9.67 Å². The molecule has 94 valence electrons. The summed E-state index contributed by atoms with van der Waals surface area (Å²) in [6.07, 6.45) is 7.73. The van der Waals surface area contributed by atoms with Gasteiger partial charge in [-0.2, -0.15) is 0 Å². The van der Waals surface area contributed by atoms with Crippen molar-refractivity contribution in [2.45, 2.75) is 45.6 Å². The maximum atomic E-state index is 11.1. The number of nitrogens with zero attached hydrogens (tertiary/aromatic N) is 1. The summed E-state index contributed by atoms with van der Waals surface area (Å²) in [5, 5.41) is 9.64. The Morgan fingerprint density at radius 1 is 1.53 bits per heavy atom. The lowest BCUT2D eigenvalue weighted by Crippen LogP contribution is -2.24. The summed E-state index contributed by atoms with van der Waals surface area (Å²) >= 11 is 5.90. The molecule has 0 aliphatic heterocycles. The molecule has 0 saturated heterocycles. The summed E-state index contributed by atoms with van der Waals surface area (Å²) in [5.41, 5.74) is 0.571. The molecule has 1 fully saturated rings. The van der Waals surface area contributed by atoms with Crippen molar-refractivity contribution in [3.8, 4) is 0 Å². The molecule has 0 bridgehead atoms. The number of aromatic nitrogens is 1. The first-order chi connectivity index (χ1) is 8.06. The van der Waals surface area contributed by atoms with E-state index in [9.17, 15) is 4.79 Å². The minimum atomic E-state index is -0.902. The number of hydrogen-bond donors (Lipinski definition) is 1. The van der Waals surface area contributed by atoms with Crippen LogP contribution in [0.1, 0.15) is 49.5 Å². The van der Waals surface area contributed by atoms with Crippen LogP contribution in [0.2, 0.25) is 5.02 Å². The normalized spacial score (nSPS) is 18.5. The molecular formula is C13H18ClNO2. The third kappa shape index (κ3) is 2.49. The SMILES string of the molecule is CCC1(Cn2cc(Cl)cc2C(=O)O)CCCC1. The largest absolute Gasteiger partial charge is 0.477 e. The maximum Gasteiger partial charge on any atom is 0.352 e. The van der Waals surface area contributed by atoms with E-state index in [0.717, 1.165) is 13.0 Å². The lowest BCUT2D eigenvalue weighted by molar-refractivity contribution is 0.0680. The molecular weight excluding hydrogens is 238 g/mol. The zero-order valence-electron chi connectivity index (χ0n) is 10.1. The first kappa shape index (κ1) is 12.5. The Labute approximate surface area is 106 Å². The second-order valence-electron chi connectivity index (χ2n) is 5.04. The highest BCUT2D eigenvalue weighted by Gasteiger charge is 2.33. The zero-order chi connectivity index (χ0) is 12.5. The van der Waals surface area contributed by atoms with Crippen LogP contribution in [0.15, 0.2) is 12.3 Å². The molecule has 0 radical (unpaired) electrons. The molecule has 1 aromatic heterocycles. The molecule has 0 unspecified atom stereocenters. The maximum absolute atomic E-state index is 11.1. The van der Waals surface area contributed by atoms with Crippen molar-refractivity contribution in [2.24, 2.45) is 5.41 Å². The molecule has 0 atom stereocenters. The molecule has 1 heterocycles. The van der Waals surface area contributed by atoms with Crippen molar-refractivity contribution in [3.63, 3.8) is 0 Å². The van der Waals surface area contributed by atoms with Crippen molar-refractivity contribution in [3.05, 3.63) is 23.0 Å². The number of aromatic carboxylic acids is 1. The van der Waals surface area contributed by atoms with Crippen LogP contribution < -0.4 is 0 Å². The Hall–Kier alpha value is -0.960. The lowest BCUT2D eigenvalue weighted by Gasteiger charge is -2.28. The summed E-state index contributed by atoms with van der Waals surface area (Å²) in [5.74, 6) is -0.902. The number of halogens is 1. The molecule has 1 saturated carbocycles. The van der Waals surface area contributed by atoms with Crippen molar-refractivity contribution in [2.75, 3.05) is 0 Å². The van der Waals surface area contributed by atoms with E-state index in [2.05, 4.69) is 6.92 Å². The average Bonchev–Trinajstić information content (AvgIpc) is 2.87. The fourth-order valence-electron chi connectivity index (χ4n) is 2.89. The smallest absolute Gasteiger partial charge is 0.352 e. The fraction of sp³-hybridized carbons (Fsp3) is 0.615. The van der Waals surface area contributed by atoms with Crippen molar-refractivity contribution in [1.29, 1.82) is 0 Å². The Kier molecular flexibility index (Phi) is 3.48. The van der Waals surface area contributed by atoms with Gasteiger partial charge in [-0.15, -0.1) is 0 Å². The average molecular weight is 256 g/mol. The lowest BCUT2D eigenvalue weighted by atomic mass is 9.83. The first-order valence-electron chi connectivity index (χ1n) is 6.15. The van der Waals surface area contributed by atoms with Crippen LogP contribution in [0.5, 0.6) is 0 Å². The summed E-state index contributed by atoms with van der Waals surface area (Å²) in [4.78, 5) is 11.1. The number of hydrogen-bond acceptors (Lipinski definition) is 1. The second kappa shape index (κ2) is 4.73. The second-order valence-corrected chi connectivity index (χ2v) is 5.47. The molecule has 0 amide bonds. The van der Waals surface area contributed by atoms with E-state index < -0.39 is 5.97 Å². The van der Waals surface area contributed by atoms with Gasteiger partial charge in [0, 0.05) is 12.7 Å². The molecule has 0 aromatic carbocycles. The molecule has 3 nitrogen and oxygen atoms in total. The van der Waals surface area contributed by atoms with Crippen molar-refractivity contribution in [1.82, 2.24) is 4.57 Å². The molecule has 1 aliphatic carbocycles. The van der Waals surface area contributed by atoms with E-state index in [-0.39, 0.29) is 5.41 Å². The monoisotopic (exact) mass is 255 g/mol. The highest BCUT2D eigenvalue weighted by molar-refractivity contribution is 6.30. The molecule has 0 spiro atoms. The van der Waals surface area contributed by atoms with Crippen LogP contribution in [0.25, 0.3) is 0 Å². The van der Waals surface area contributed by atoms with Gasteiger partial charge in [0.15, 0.2) is 0 Å². The fourth-order valence-corrected chi connectivity index (χ4v) is 3.12. The van der Waals surface area contributed by atoms with Gasteiger partial charge in [-0.1, -0.05) is 31.4 Å². The Morgan fingerprint density at radius 2 is 2.18 bits per heavy atom. The van der Waals surface area contributed by atoms with Gasteiger partial charge in [-0.05, 0) is 30.7 Å². The molecule has 2 rings (SSSR count). The number of carboxylic acid groups (broad SMARTS) is 1. The first-order valence-corrected chi connectivity index (χ1v) is 6.53. The Balaban J connectivity index is 2.25. The predicted molar refractivity (Wildman–Crippen MR) is 67.6 cm³/mol. The van der Waals surface area contributed by atoms with Crippen LogP contribution >= 0.6 is 11.6 Å².